The van der Waals surface area contributed by atoms with Gasteiger partial charge in [0.05, 0.1) is 12.0 Å². The van der Waals surface area contributed by atoms with E-state index in [4.69, 9.17) is 14.2 Å². The Balaban J connectivity index is 1.38. The Morgan fingerprint density at radius 2 is 2.17 bits per heavy atom. The molecule has 3 aliphatic heterocycles. The van der Waals surface area contributed by atoms with E-state index in [0.717, 1.165) is 25.1 Å². The molecule has 0 radical (unpaired) electrons. The second kappa shape index (κ2) is 6.32. The molecular formula is C17H20N2O5. The van der Waals surface area contributed by atoms with Crippen LogP contribution >= 0.6 is 0 Å². The summed E-state index contributed by atoms with van der Waals surface area (Å²) in [5, 5.41) is 2.91. The Kier molecular flexibility index (Phi) is 4.02. The SMILES string of the molecule is O=C(NC[C@H]1CCCO1)[C@@H]1CC(=O)N(c2ccc3c(c2)OCO3)C1. The third-order valence-corrected chi connectivity index (χ3v) is 4.69. The molecule has 2 fully saturated rings. The van der Waals surface area contributed by atoms with Gasteiger partial charge >= 0.3 is 0 Å². The molecule has 3 heterocycles. The van der Waals surface area contributed by atoms with Crippen LogP contribution < -0.4 is 19.7 Å². The fraction of sp³-hybridized carbons (Fsp3) is 0.529. The molecule has 1 aromatic carbocycles. The molecule has 1 aromatic rings. The van der Waals surface area contributed by atoms with Crippen LogP contribution in [0.3, 0.4) is 0 Å². The van der Waals surface area contributed by atoms with Gasteiger partial charge in [0.2, 0.25) is 18.6 Å². The van der Waals surface area contributed by atoms with Crippen LogP contribution in [0, 0.1) is 5.92 Å². The number of fused-ring (bicyclic) bond motifs is 1. The van der Waals surface area contributed by atoms with E-state index in [1.807, 2.05) is 6.07 Å². The van der Waals surface area contributed by atoms with Crippen molar-refractivity contribution in [2.45, 2.75) is 25.4 Å². The highest BCUT2D eigenvalue weighted by Gasteiger charge is 2.36. The van der Waals surface area contributed by atoms with Gasteiger partial charge < -0.3 is 24.4 Å². The number of hydrogen-bond acceptors (Lipinski definition) is 5. The molecule has 4 rings (SSSR count). The maximum absolute atomic E-state index is 12.3. The van der Waals surface area contributed by atoms with Gasteiger partial charge in [-0.1, -0.05) is 0 Å². The first-order chi connectivity index (χ1) is 11.7. The fourth-order valence-corrected chi connectivity index (χ4v) is 3.35. The minimum atomic E-state index is -0.329. The molecule has 2 saturated heterocycles. The van der Waals surface area contributed by atoms with Crippen molar-refractivity contribution in [1.29, 1.82) is 0 Å². The molecule has 0 aromatic heterocycles. The third-order valence-electron chi connectivity index (χ3n) is 4.69. The number of carbonyl (C=O) groups excluding carboxylic acids is 2. The van der Waals surface area contributed by atoms with Crippen LogP contribution in [0.25, 0.3) is 0 Å². The first-order valence-electron chi connectivity index (χ1n) is 8.30. The standard InChI is InChI=1S/C17H20N2O5/c20-16-6-11(17(21)18-8-13-2-1-5-22-13)9-19(16)12-3-4-14-15(7-12)24-10-23-14/h3-4,7,11,13H,1-2,5-6,8-10H2,(H,18,21)/t11-,13-/m1/s1. The molecule has 2 amide bonds. The molecule has 0 unspecified atom stereocenters. The van der Waals surface area contributed by atoms with E-state index in [1.54, 1.807) is 17.0 Å². The summed E-state index contributed by atoms with van der Waals surface area (Å²) in [6.45, 7) is 1.87. The zero-order valence-corrected chi connectivity index (χ0v) is 13.3. The Morgan fingerprint density at radius 1 is 1.29 bits per heavy atom. The monoisotopic (exact) mass is 332 g/mol. The predicted octanol–water partition coefficient (Wildman–Crippen LogP) is 1.06. The summed E-state index contributed by atoms with van der Waals surface area (Å²) in [7, 11) is 0. The average Bonchev–Trinajstić information content (AvgIpc) is 3.32. The lowest BCUT2D eigenvalue weighted by molar-refractivity contribution is -0.126. The highest BCUT2D eigenvalue weighted by Crippen LogP contribution is 2.37. The van der Waals surface area contributed by atoms with E-state index in [0.29, 0.717) is 24.6 Å². The van der Waals surface area contributed by atoms with Crippen molar-refractivity contribution in [1.82, 2.24) is 5.32 Å². The first-order valence-corrected chi connectivity index (χ1v) is 8.30. The summed E-state index contributed by atoms with van der Waals surface area (Å²) in [6.07, 6.45) is 2.36. The van der Waals surface area contributed by atoms with E-state index >= 15 is 0 Å². The van der Waals surface area contributed by atoms with Crippen molar-refractivity contribution in [2.75, 3.05) is 31.4 Å². The van der Waals surface area contributed by atoms with Crippen molar-refractivity contribution in [2.24, 2.45) is 5.92 Å². The Morgan fingerprint density at radius 3 is 3.00 bits per heavy atom. The van der Waals surface area contributed by atoms with Crippen molar-refractivity contribution >= 4 is 17.5 Å². The van der Waals surface area contributed by atoms with Crippen molar-refractivity contribution in [3.05, 3.63) is 18.2 Å². The fourth-order valence-electron chi connectivity index (χ4n) is 3.35. The molecule has 24 heavy (non-hydrogen) atoms. The van der Waals surface area contributed by atoms with Gasteiger partial charge in [-0.05, 0) is 25.0 Å². The number of ether oxygens (including phenoxy) is 3. The molecule has 128 valence electrons. The summed E-state index contributed by atoms with van der Waals surface area (Å²) < 4.78 is 16.1. The van der Waals surface area contributed by atoms with Crippen LogP contribution in [-0.2, 0) is 14.3 Å². The van der Waals surface area contributed by atoms with Crippen LogP contribution in [0.4, 0.5) is 5.69 Å². The van der Waals surface area contributed by atoms with Gasteiger partial charge in [-0.25, -0.2) is 0 Å². The maximum Gasteiger partial charge on any atom is 0.231 e. The number of anilines is 1. The number of amides is 2. The van der Waals surface area contributed by atoms with Crippen LogP contribution in [0.15, 0.2) is 18.2 Å². The summed E-state index contributed by atoms with van der Waals surface area (Å²) in [5.41, 5.74) is 0.735. The van der Waals surface area contributed by atoms with Gasteiger partial charge in [0.25, 0.3) is 0 Å². The number of nitrogens with one attached hydrogen (secondary N) is 1. The average molecular weight is 332 g/mol. The zero-order valence-electron chi connectivity index (χ0n) is 13.3. The van der Waals surface area contributed by atoms with Gasteiger partial charge in [-0.15, -0.1) is 0 Å². The normalized spacial score (nSPS) is 25.3. The summed E-state index contributed by atoms with van der Waals surface area (Å²) in [5.74, 6) is 0.848. The Bertz CT molecular complexity index is 656. The molecule has 7 nitrogen and oxygen atoms in total. The lowest BCUT2D eigenvalue weighted by Gasteiger charge is -2.17. The quantitative estimate of drug-likeness (QED) is 0.892. The number of carbonyl (C=O) groups is 2. The van der Waals surface area contributed by atoms with Crippen LogP contribution in [0.5, 0.6) is 11.5 Å². The van der Waals surface area contributed by atoms with Crippen LogP contribution in [0.2, 0.25) is 0 Å². The van der Waals surface area contributed by atoms with E-state index in [-0.39, 0.29) is 37.0 Å². The molecule has 2 atom stereocenters. The molecule has 1 N–H and O–H groups in total. The van der Waals surface area contributed by atoms with Gasteiger partial charge in [0.15, 0.2) is 11.5 Å². The topological polar surface area (TPSA) is 77.1 Å². The first kappa shape index (κ1) is 15.3. The van der Waals surface area contributed by atoms with Gasteiger partial charge in [0.1, 0.15) is 0 Å². The van der Waals surface area contributed by atoms with Gasteiger partial charge in [-0.2, -0.15) is 0 Å². The second-order valence-electron chi connectivity index (χ2n) is 6.32. The van der Waals surface area contributed by atoms with Gasteiger partial charge in [0, 0.05) is 37.9 Å². The second-order valence-corrected chi connectivity index (χ2v) is 6.32. The summed E-state index contributed by atoms with van der Waals surface area (Å²) >= 11 is 0. The van der Waals surface area contributed by atoms with Gasteiger partial charge in [-0.3, -0.25) is 9.59 Å². The lowest BCUT2D eigenvalue weighted by atomic mass is 10.1. The number of nitrogens with zero attached hydrogens (tertiary/aromatic N) is 1. The molecule has 0 saturated carbocycles. The Labute approximate surface area is 139 Å². The molecule has 0 aliphatic carbocycles. The van der Waals surface area contributed by atoms with E-state index in [9.17, 15) is 9.59 Å². The van der Waals surface area contributed by atoms with Crippen molar-refractivity contribution < 1.29 is 23.8 Å². The molecular weight excluding hydrogens is 312 g/mol. The third kappa shape index (κ3) is 2.91. The number of benzene rings is 1. The molecule has 3 aliphatic rings. The van der Waals surface area contributed by atoms with E-state index in [1.165, 1.54) is 0 Å². The van der Waals surface area contributed by atoms with Crippen molar-refractivity contribution in [3.8, 4) is 11.5 Å². The number of rotatable bonds is 4. The van der Waals surface area contributed by atoms with Crippen LogP contribution in [0.1, 0.15) is 19.3 Å². The molecule has 7 heteroatoms. The van der Waals surface area contributed by atoms with Crippen molar-refractivity contribution in [3.63, 3.8) is 0 Å². The molecule has 0 bridgehead atoms. The smallest absolute Gasteiger partial charge is 0.231 e. The zero-order chi connectivity index (χ0) is 16.5. The minimum Gasteiger partial charge on any atom is -0.454 e. The highest BCUT2D eigenvalue weighted by atomic mass is 16.7. The maximum atomic E-state index is 12.3. The lowest BCUT2D eigenvalue weighted by Crippen LogP contribution is -2.37. The van der Waals surface area contributed by atoms with E-state index < -0.39 is 0 Å². The Hall–Kier alpha value is -2.28. The summed E-state index contributed by atoms with van der Waals surface area (Å²) in [4.78, 5) is 26.3. The van der Waals surface area contributed by atoms with E-state index in [2.05, 4.69) is 5.32 Å². The molecule has 0 spiro atoms. The number of hydrogen-bond donors (Lipinski definition) is 1. The highest BCUT2D eigenvalue weighted by molar-refractivity contribution is 6.00. The summed E-state index contributed by atoms with van der Waals surface area (Å²) in [6, 6.07) is 5.39. The largest absolute Gasteiger partial charge is 0.454 e. The minimum absolute atomic E-state index is 0.0499. The van der Waals surface area contributed by atoms with Crippen LogP contribution in [-0.4, -0.2) is 44.4 Å². The predicted molar refractivity (Wildman–Crippen MR) is 85.0 cm³/mol.